The summed E-state index contributed by atoms with van der Waals surface area (Å²) >= 11 is 5.31. The van der Waals surface area contributed by atoms with Crippen molar-refractivity contribution in [3.05, 3.63) is 89.5 Å². The minimum absolute atomic E-state index is 0.0202. The molecule has 1 saturated heterocycles. The highest BCUT2D eigenvalue weighted by molar-refractivity contribution is 7.80. The molecule has 34 heavy (non-hydrogen) atoms. The average molecular weight is 473 g/mol. The third kappa shape index (κ3) is 4.84. The number of thiocarbonyl (C=S) groups is 1. The summed E-state index contributed by atoms with van der Waals surface area (Å²) < 4.78 is 11.3. The molecule has 1 fully saturated rings. The van der Waals surface area contributed by atoms with Crippen molar-refractivity contribution in [1.82, 2.24) is 5.32 Å². The highest BCUT2D eigenvalue weighted by Crippen LogP contribution is 2.30. The number of amides is 2. The fourth-order valence-electron chi connectivity index (χ4n) is 3.56. The molecular weight excluding hydrogens is 448 g/mol. The molecule has 6 nitrogen and oxygen atoms in total. The highest BCUT2D eigenvalue weighted by Gasteiger charge is 2.34. The van der Waals surface area contributed by atoms with Crippen molar-refractivity contribution >= 4 is 40.9 Å². The predicted molar refractivity (Wildman–Crippen MR) is 136 cm³/mol. The normalized spacial score (nSPS) is 15.0. The molecule has 1 aliphatic heterocycles. The van der Waals surface area contributed by atoms with E-state index in [1.165, 1.54) is 4.90 Å². The van der Waals surface area contributed by atoms with Gasteiger partial charge in [0.05, 0.1) is 12.8 Å². The summed E-state index contributed by atoms with van der Waals surface area (Å²) in [6.45, 7) is 4.14. The van der Waals surface area contributed by atoms with Gasteiger partial charge in [-0.1, -0.05) is 38.1 Å². The zero-order valence-electron chi connectivity index (χ0n) is 19.1. The smallest absolute Gasteiger partial charge is 0.270 e. The number of para-hydroxylation sites is 1. The molecule has 0 aromatic heterocycles. The number of carbonyl (C=O) groups is 2. The third-order valence-corrected chi connectivity index (χ3v) is 5.68. The van der Waals surface area contributed by atoms with E-state index >= 15 is 0 Å². The zero-order chi connectivity index (χ0) is 24.2. The number of carbonyl (C=O) groups excluding carboxylic acids is 2. The molecule has 0 atom stereocenters. The van der Waals surface area contributed by atoms with E-state index in [1.54, 1.807) is 37.5 Å². The molecule has 3 aromatic carbocycles. The highest BCUT2D eigenvalue weighted by atomic mass is 32.1. The molecule has 0 unspecified atom stereocenters. The molecular formula is C27H24N2O4S. The van der Waals surface area contributed by atoms with Crippen LogP contribution < -0.4 is 19.7 Å². The van der Waals surface area contributed by atoms with Crippen molar-refractivity contribution < 1.29 is 19.1 Å². The van der Waals surface area contributed by atoms with Crippen LogP contribution in [0.1, 0.15) is 30.9 Å². The van der Waals surface area contributed by atoms with Crippen molar-refractivity contribution in [2.24, 2.45) is 0 Å². The molecule has 1 heterocycles. The molecule has 0 radical (unpaired) electrons. The fourth-order valence-corrected chi connectivity index (χ4v) is 3.84. The molecule has 0 saturated carbocycles. The lowest BCUT2D eigenvalue weighted by atomic mass is 9.98. The van der Waals surface area contributed by atoms with E-state index in [1.807, 2.05) is 48.5 Å². The summed E-state index contributed by atoms with van der Waals surface area (Å²) in [5.41, 5.74) is 2.20. The summed E-state index contributed by atoms with van der Waals surface area (Å²) in [6.07, 6.45) is 1.55. The maximum Gasteiger partial charge on any atom is 0.270 e. The van der Waals surface area contributed by atoms with Crippen LogP contribution in [-0.2, 0) is 9.59 Å². The van der Waals surface area contributed by atoms with Gasteiger partial charge in [-0.3, -0.25) is 19.8 Å². The average Bonchev–Trinajstić information content (AvgIpc) is 2.83. The van der Waals surface area contributed by atoms with Crippen LogP contribution in [0.4, 0.5) is 5.69 Å². The van der Waals surface area contributed by atoms with Gasteiger partial charge in [0.15, 0.2) is 5.11 Å². The molecule has 1 N–H and O–H groups in total. The van der Waals surface area contributed by atoms with Crippen LogP contribution >= 0.6 is 12.2 Å². The second-order valence-electron chi connectivity index (χ2n) is 8.02. The maximum absolute atomic E-state index is 13.4. The largest absolute Gasteiger partial charge is 0.496 e. The van der Waals surface area contributed by atoms with E-state index in [0.29, 0.717) is 28.5 Å². The molecule has 172 valence electrons. The first kappa shape index (κ1) is 23.2. The Morgan fingerprint density at radius 2 is 1.62 bits per heavy atom. The summed E-state index contributed by atoms with van der Waals surface area (Å²) in [5.74, 6) is 1.10. The van der Waals surface area contributed by atoms with E-state index in [-0.39, 0.29) is 16.6 Å². The number of methoxy groups -OCH3 is 1. The van der Waals surface area contributed by atoms with Crippen molar-refractivity contribution in [2.45, 2.75) is 19.8 Å². The lowest BCUT2D eigenvalue weighted by molar-refractivity contribution is -0.122. The lowest BCUT2D eigenvalue weighted by Gasteiger charge is -2.29. The van der Waals surface area contributed by atoms with Gasteiger partial charge in [0.25, 0.3) is 11.8 Å². The van der Waals surface area contributed by atoms with Crippen molar-refractivity contribution in [2.75, 3.05) is 12.0 Å². The van der Waals surface area contributed by atoms with E-state index in [2.05, 4.69) is 19.2 Å². The third-order valence-electron chi connectivity index (χ3n) is 5.40. The second kappa shape index (κ2) is 9.89. The van der Waals surface area contributed by atoms with Gasteiger partial charge in [-0.25, -0.2) is 0 Å². The molecule has 0 aliphatic carbocycles. The molecule has 1 aliphatic rings. The second-order valence-corrected chi connectivity index (χ2v) is 8.41. The first-order valence-corrected chi connectivity index (χ1v) is 11.2. The van der Waals surface area contributed by atoms with Crippen molar-refractivity contribution in [1.29, 1.82) is 0 Å². The van der Waals surface area contributed by atoms with E-state index < -0.39 is 11.8 Å². The minimum atomic E-state index is -0.549. The monoisotopic (exact) mass is 472 g/mol. The topological polar surface area (TPSA) is 67.9 Å². The van der Waals surface area contributed by atoms with Crippen molar-refractivity contribution in [3.8, 4) is 17.2 Å². The van der Waals surface area contributed by atoms with Gasteiger partial charge >= 0.3 is 0 Å². The number of hydrogen-bond donors (Lipinski definition) is 1. The van der Waals surface area contributed by atoms with Crippen LogP contribution in [0.25, 0.3) is 6.08 Å². The van der Waals surface area contributed by atoms with Gasteiger partial charge < -0.3 is 9.47 Å². The predicted octanol–water partition coefficient (Wildman–Crippen LogP) is 5.44. The Morgan fingerprint density at radius 3 is 2.26 bits per heavy atom. The van der Waals surface area contributed by atoms with Gasteiger partial charge in [0, 0.05) is 5.56 Å². The molecule has 3 aromatic rings. The number of anilines is 1. The summed E-state index contributed by atoms with van der Waals surface area (Å²) in [6, 6.07) is 22.0. The molecule has 2 amide bonds. The first-order chi connectivity index (χ1) is 16.4. The number of nitrogens with one attached hydrogen (secondary N) is 1. The van der Waals surface area contributed by atoms with Gasteiger partial charge in [-0.2, -0.15) is 0 Å². The molecule has 0 spiro atoms. The number of hydrogen-bond acceptors (Lipinski definition) is 5. The van der Waals surface area contributed by atoms with Crippen LogP contribution in [-0.4, -0.2) is 24.0 Å². The minimum Gasteiger partial charge on any atom is -0.496 e. The van der Waals surface area contributed by atoms with Crippen molar-refractivity contribution in [3.63, 3.8) is 0 Å². The zero-order valence-corrected chi connectivity index (χ0v) is 19.9. The Morgan fingerprint density at radius 1 is 0.941 bits per heavy atom. The Kier molecular flexibility index (Phi) is 6.75. The van der Waals surface area contributed by atoms with Crippen LogP contribution in [0.2, 0.25) is 0 Å². The van der Waals surface area contributed by atoms with Gasteiger partial charge in [-0.05, 0) is 78.3 Å². The quantitative estimate of drug-likeness (QED) is 0.294. The molecule has 0 bridgehead atoms. The van der Waals surface area contributed by atoms with Gasteiger partial charge in [0.2, 0.25) is 0 Å². The van der Waals surface area contributed by atoms with Gasteiger partial charge in [0.1, 0.15) is 22.8 Å². The molecule has 7 heteroatoms. The number of rotatable bonds is 6. The summed E-state index contributed by atoms with van der Waals surface area (Å²) in [5, 5.41) is 2.64. The Bertz CT molecular complexity index is 1270. The fraction of sp³-hybridized carbons (Fsp3) is 0.148. The van der Waals surface area contributed by atoms with Crippen LogP contribution in [0, 0.1) is 0 Å². The number of ether oxygens (including phenoxy) is 2. The van der Waals surface area contributed by atoms with Crippen LogP contribution in [0.3, 0.4) is 0 Å². The Hall–Kier alpha value is -3.97. The first-order valence-electron chi connectivity index (χ1n) is 10.8. The summed E-state index contributed by atoms with van der Waals surface area (Å²) in [7, 11) is 1.55. The van der Waals surface area contributed by atoms with E-state index in [4.69, 9.17) is 21.7 Å². The standard InChI is InChI=1S/C27H24N2O4S/c1-17(2)18-9-14-24(32-3)19(15-18)16-23-25(30)28-27(34)29(26(23)31)20-10-12-22(13-11-20)33-21-7-5-4-6-8-21/h4-17H,1-3H3,(H,28,30,34). The van der Waals surface area contributed by atoms with E-state index in [9.17, 15) is 9.59 Å². The van der Waals surface area contributed by atoms with Gasteiger partial charge in [-0.15, -0.1) is 0 Å². The van der Waals surface area contributed by atoms with Crippen LogP contribution in [0.15, 0.2) is 78.4 Å². The number of nitrogens with zero attached hydrogens (tertiary/aromatic N) is 1. The Balaban J connectivity index is 1.64. The summed E-state index contributed by atoms with van der Waals surface area (Å²) in [4.78, 5) is 27.4. The SMILES string of the molecule is COc1ccc(C(C)C)cc1C=C1C(=O)NC(=S)N(c2ccc(Oc3ccccc3)cc2)C1=O. The number of benzene rings is 3. The lowest BCUT2D eigenvalue weighted by Crippen LogP contribution is -2.54. The van der Waals surface area contributed by atoms with E-state index in [0.717, 1.165) is 5.56 Å². The Labute approximate surface area is 203 Å². The maximum atomic E-state index is 13.4. The molecule has 4 rings (SSSR count). The van der Waals surface area contributed by atoms with Crippen LogP contribution in [0.5, 0.6) is 17.2 Å².